The van der Waals surface area contributed by atoms with Gasteiger partial charge in [0.05, 0.1) is 6.20 Å². The Labute approximate surface area is 141 Å². The summed E-state index contributed by atoms with van der Waals surface area (Å²) in [6.07, 6.45) is 1.54. The maximum Gasteiger partial charge on any atom is 0.260 e. The van der Waals surface area contributed by atoms with Gasteiger partial charge in [0.2, 0.25) is 0 Å². The fourth-order valence-electron chi connectivity index (χ4n) is 2.92. The first-order valence-electron chi connectivity index (χ1n) is 7.74. The maximum absolute atomic E-state index is 12.8. The predicted molar refractivity (Wildman–Crippen MR) is 89.0 cm³/mol. The van der Waals surface area contributed by atoms with Gasteiger partial charge in [-0.3, -0.25) is 9.48 Å². The van der Waals surface area contributed by atoms with E-state index in [9.17, 15) is 13.2 Å². The quantitative estimate of drug-likeness (QED) is 0.825. The second kappa shape index (κ2) is 6.37. The molecule has 3 rings (SSSR count). The van der Waals surface area contributed by atoms with E-state index >= 15 is 0 Å². The molecule has 0 radical (unpaired) electrons. The number of carbonyl (C=O) groups is 1. The van der Waals surface area contributed by atoms with Gasteiger partial charge in [-0.15, -0.1) is 0 Å². The molecule has 0 saturated carbocycles. The highest BCUT2D eigenvalue weighted by atomic mass is 32.2. The SMILES string of the molecule is Cc1cnn(C)c1S(=O)(=O)N1CCN(C(=O)c2ccccc2)CC1. The Balaban J connectivity index is 1.72. The number of rotatable bonds is 3. The number of aromatic nitrogens is 2. The van der Waals surface area contributed by atoms with Gasteiger partial charge in [-0.25, -0.2) is 8.42 Å². The molecule has 0 unspecified atom stereocenters. The Morgan fingerprint density at radius 1 is 1.08 bits per heavy atom. The van der Waals surface area contributed by atoms with E-state index in [2.05, 4.69) is 5.10 Å². The molecule has 7 nitrogen and oxygen atoms in total. The minimum absolute atomic E-state index is 0.0654. The monoisotopic (exact) mass is 348 g/mol. The molecule has 1 aromatic heterocycles. The van der Waals surface area contributed by atoms with Crippen LogP contribution < -0.4 is 0 Å². The van der Waals surface area contributed by atoms with Crippen LogP contribution in [0.3, 0.4) is 0 Å². The van der Waals surface area contributed by atoms with Crippen molar-refractivity contribution in [3.8, 4) is 0 Å². The summed E-state index contributed by atoms with van der Waals surface area (Å²) in [7, 11) is -1.98. The van der Waals surface area contributed by atoms with Gasteiger partial charge < -0.3 is 4.90 Å². The average molecular weight is 348 g/mol. The van der Waals surface area contributed by atoms with Gasteiger partial charge in [-0.2, -0.15) is 9.40 Å². The van der Waals surface area contributed by atoms with Crippen LogP contribution in [0.5, 0.6) is 0 Å². The van der Waals surface area contributed by atoms with E-state index < -0.39 is 10.0 Å². The van der Waals surface area contributed by atoms with Gasteiger partial charge in [-0.1, -0.05) is 18.2 Å². The van der Waals surface area contributed by atoms with Crippen LogP contribution in [0.1, 0.15) is 15.9 Å². The fraction of sp³-hybridized carbons (Fsp3) is 0.375. The molecule has 128 valence electrons. The molecule has 1 fully saturated rings. The van der Waals surface area contributed by atoms with Crippen LogP contribution in [0.2, 0.25) is 0 Å². The van der Waals surface area contributed by atoms with Gasteiger partial charge in [0, 0.05) is 44.4 Å². The first-order valence-corrected chi connectivity index (χ1v) is 9.18. The highest BCUT2D eigenvalue weighted by molar-refractivity contribution is 7.89. The lowest BCUT2D eigenvalue weighted by atomic mass is 10.2. The third-order valence-electron chi connectivity index (χ3n) is 4.19. The number of hydrogen-bond donors (Lipinski definition) is 0. The Bertz CT molecular complexity index is 818. The van der Waals surface area contributed by atoms with E-state index in [0.29, 0.717) is 24.2 Å². The first-order chi connectivity index (χ1) is 11.4. The van der Waals surface area contributed by atoms with Crippen LogP contribution in [0, 0.1) is 6.92 Å². The third-order valence-corrected chi connectivity index (χ3v) is 6.31. The minimum atomic E-state index is -3.60. The van der Waals surface area contributed by atoms with E-state index in [1.807, 2.05) is 18.2 Å². The summed E-state index contributed by atoms with van der Waals surface area (Å²) in [6, 6.07) is 9.03. The lowest BCUT2D eigenvalue weighted by Gasteiger charge is -2.34. The standard InChI is InChI=1S/C16H20N4O3S/c1-13-12-17-18(2)16(13)24(22,23)20-10-8-19(9-11-20)15(21)14-6-4-3-5-7-14/h3-7,12H,8-11H2,1-2H3. The first kappa shape index (κ1) is 16.7. The number of sulfonamides is 1. The minimum Gasteiger partial charge on any atom is -0.336 e. The number of piperazine rings is 1. The van der Waals surface area contributed by atoms with Crippen molar-refractivity contribution in [1.29, 1.82) is 0 Å². The van der Waals surface area contributed by atoms with Crippen molar-refractivity contribution in [2.75, 3.05) is 26.2 Å². The molecule has 2 heterocycles. The molecule has 1 aliphatic heterocycles. The lowest BCUT2D eigenvalue weighted by Crippen LogP contribution is -2.50. The third kappa shape index (κ3) is 2.94. The number of hydrogen-bond acceptors (Lipinski definition) is 4. The zero-order chi connectivity index (χ0) is 17.3. The van der Waals surface area contributed by atoms with Crippen LogP contribution in [0.25, 0.3) is 0 Å². The second-order valence-electron chi connectivity index (χ2n) is 5.82. The molecule has 24 heavy (non-hydrogen) atoms. The number of amides is 1. The summed E-state index contributed by atoms with van der Waals surface area (Å²) in [6.45, 7) is 3.06. The lowest BCUT2D eigenvalue weighted by molar-refractivity contribution is 0.0697. The highest BCUT2D eigenvalue weighted by Crippen LogP contribution is 2.20. The van der Waals surface area contributed by atoms with E-state index in [4.69, 9.17) is 0 Å². The highest BCUT2D eigenvalue weighted by Gasteiger charge is 2.33. The summed E-state index contributed by atoms with van der Waals surface area (Å²) >= 11 is 0. The van der Waals surface area contributed by atoms with Crippen LogP contribution in [0.4, 0.5) is 0 Å². The summed E-state index contributed by atoms with van der Waals surface area (Å²) < 4.78 is 28.4. The molecule has 1 amide bonds. The van der Waals surface area contributed by atoms with E-state index in [1.165, 1.54) is 8.99 Å². The maximum atomic E-state index is 12.8. The Morgan fingerprint density at radius 2 is 1.71 bits per heavy atom. The largest absolute Gasteiger partial charge is 0.336 e. The molecule has 0 bridgehead atoms. The van der Waals surface area contributed by atoms with Crippen molar-refractivity contribution < 1.29 is 13.2 Å². The molecular weight excluding hydrogens is 328 g/mol. The topological polar surface area (TPSA) is 75.5 Å². The van der Waals surface area contributed by atoms with Crippen molar-refractivity contribution in [2.24, 2.45) is 7.05 Å². The van der Waals surface area contributed by atoms with Crippen molar-refractivity contribution in [1.82, 2.24) is 19.0 Å². The number of carbonyl (C=O) groups excluding carboxylic acids is 1. The number of benzene rings is 1. The average Bonchev–Trinajstić information content (AvgIpc) is 2.94. The second-order valence-corrected chi connectivity index (χ2v) is 7.67. The van der Waals surface area contributed by atoms with E-state index in [1.54, 1.807) is 37.2 Å². The molecule has 0 aliphatic carbocycles. The van der Waals surface area contributed by atoms with Gasteiger partial charge in [0.15, 0.2) is 5.03 Å². The Morgan fingerprint density at radius 3 is 2.25 bits per heavy atom. The molecule has 1 aromatic carbocycles. The van der Waals surface area contributed by atoms with Gasteiger partial charge in [0.25, 0.3) is 15.9 Å². The number of nitrogens with zero attached hydrogens (tertiary/aromatic N) is 4. The van der Waals surface area contributed by atoms with Crippen molar-refractivity contribution in [3.63, 3.8) is 0 Å². The molecule has 0 N–H and O–H groups in total. The fourth-order valence-corrected chi connectivity index (χ4v) is 4.65. The summed E-state index contributed by atoms with van der Waals surface area (Å²) in [5.74, 6) is -0.0654. The van der Waals surface area contributed by atoms with Gasteiger partial charge in [-0.05, 0) is 19.1 Å². The smallest absolute Gasteiger partial charge is 0.260 e. The Kier molecular flexibility index (Phi) is 4.42. The van der Waals surface area contributed by atoms with Crippen molar-refractivity contribution in [3.05, 3.63) is 47.7 Å². The summed E-state index contributed by atoms with van der Waals surface area (Å²) in [5.41, 5.74) is 1.25. The molecule has 0 spiro atoms. The molecule has 1 saturated heterocycles. The van der Waals surface area contributed by atoms with Crippen molar-refractivity contribution in [2.45, 2.75) is 11.9 Å². The summed E-state index contributed by atoms with van der Waals surface area (Å²) in [4.78, 5) is 14.1. The van der Waals surface area contributed by atoms with E-state index in [-0.39, 0.29) is 24.0 Å². The normalized spacial score (nSPS) is 16.3. The number of aryl methyl sites for hydroxylation is 2. The molecular formula is C16H20N4O3S. The van der Waals surface area contributed by atoms with Crippen LogP contribution in [-0.2, 0) is 17.1 Å². The van der Waals surface area contributed by atoms with Crippen LogP contribution >= 0.6 is 0 Å². The molecule has 2 aromatic rings. The summed E-state index contributed by atoms with van der Waals surface area (Å²) in [5, 5.41) is 4.22. The molecule has 1 aliphatic rings. The van der Waals surface area contributed by atoms with Gasteiger partial charge >= 0.3 is 0 Å². The molecule has 8 heteroatoms. The zero-order valence-corrected chi connectivity index (χ0v) is 14.5. The van der Waals surface area contributed by atoms with Gasteiger partial charge in [0.1, 0.15) is 0 Å². The Hall–Kier alpha value is -2.19. The van der Waals surface area contributed by atoms with E-state index in [0.717, 1.165) is 0 Å². The zero-order valence-electron chi connectivity index (χ0n) is 13.7. The predicted octanol–water partition coefficient (Wildman–Crippen LogP) is 0.875. The van der Waals surface area contributed by atoms with Crippen molar-refractivity contribution >= 4 is 15.9 Å². The van der Waals surface area contributed by atoms with Crippen LogP contribution in [0.15, 0.2) is 41.6 Å². The van der Waals surface area contributed by atoms with Crippen LogP contribution in [-0.4, -0.2) is 59.5 Å². The molecule has 0 atom stereocenters.